The van der Waals surface area contributed by atoms with Crippen molar-refractivity contribution < 1.29 is 19.0 Å². The van der Waals surface area contributed by atoms with Crippen molar-refractivity contribution in [2.45, 2.75) is 38.5 Å². The van der Waals surface area contributed by atoms with Gasteiger partial charge in [0, 0.05) is 8.07 Å². The van der Waals surface area contributed by atoms with Crippen LogP contribution in [0, 0.1) is 0 Å². The fraction of sp³-hybridized carbons (Fsp3) is 0.381. The number of unbranched alkanes of at least 4 members (excludes halogenated alkanes) is 1. The van der Waals surface area contributed by atoms with Crippen LogP contribution < -0.4 is 14.2 Å². The van der Waals surface area contributed by atoms with E-state index in [0.717, 1.165) is 17.9 Å². The van der Waals surface area contributed by atoms with E-state index in [-0.39, 0.29) is 0 Å². The predicted octanol–water partition coefficient (Wildman–Crippen LogP) is 5.41. The van der Waals surface area contributed by atoms with Gasteiger partial charge in [0.2, 0.25) is 0 Å². The van der Waals surface area contributed by atoms with Gasteiger partial charge in [0.25, 0.3) is 0 Å². The van der Waals surface area contributed by atoms with Crippen molar-refractivity contribution in [1.29, 1.82) is 0 Å². The molecule has 0 spiro atoms. The fourth-order valence-electron chi connectivity index (χ4n) is 2.44. The average Bonchev–Trinajstić information content (AvgIpc) is 2.61. The Hall–Kier alpha value is -2.27. The minimum absolute atomic E-state index is 0.392. The molecule has 0 amide bonds. The van der Waals surface area contributed by atoms with E-state index in [1.54, 1.807) is 43.5 Å². The summed E-state index contributed by atoms with van der Waals surface area (Å²) in [7, 11) is 0.636. The Kier molecular flexibility index (Phi) is 7.27. The van der Waals surface area contributed by atoms with Crippen LogP contribution in [0.15, 0.2) is 48.5 Å². The van der Waals surface area contributed by atoms with Crippen LogP contribution in [0.2, 0.25) is 25.7 Å². The van der Waals surface area contributed by atoms with Gasteiger partial charge in [-0.05, 0) is 55.0 Å². The Morgan fingerprint density at radius 3 is 2.00 bits per heavy atom. The molecule has 4 nitrogen and oxygen atoms in total. The van der Waals surface area contributed by atoms with Crippen LogP contribution >= 0.6 is 0 Å². The molecule has 0 aliphatic heterocycles. The Morgan fingerprint density at radius 2 is 1.42 bits per heavy atom. The first-order valence-electron chi connectivity index (χ1n) is 8.96. The monoisotopic (exact) mass is 372 g/mol. The molecule has 0 aromatic heterocycles. The quantitative estimate of drug-likeness (QED) is 0.255. The molecule has 140 valence electrons. The van der Waals surface area contributed by atoms with Crippen LogP contribution in [0.1, 0.15) is 23.2 Å². The molecule has 0 N–H and O–H groups in total. The number of methoxy groups -OCH3 is 1. The molecule has 26 heavy (non-hydrogen) atoms. The summed E-state index contributed by atoms with van der Waals surface area (Å²) in [5.41, 5.74) is 0.493. The van der Waals surface area contributed by atoms with Crippen molar-refractivity contribution in [2.24, 2.45) is 0 Å². The van der Waals surface area contributed by atoms with Crippen molar-refractivity contribution in [2.75, 3.05) is 13.7 Å². The summed E-state index contributed by atoms with van der Waals surface area (Å²) < 4.78 is 16.2. The van der Waals surface area contributed by atoms with Crippen molar-refractivity contribution in [1.82, 2.24) is 0 Å². The molecule has 2 rings (SSSR count). The molecule has 0 unspecified atom stereocenters. The van der Waals surface area contributed by atoms with Crippen LogP contribution in [0.25, 0.3) is 0 Å². The van der Waals surface area contributed by atoms with Crippen molar-refractivity contribution in [3.05, 3.63) is 54.1 Å². The zero-order valence-corrected chi connectivity index (χ0v) is 17.1. The third kappa shape index (κ3) is 6.92. The second-order valence-electron chi connectivity index (χ2n) is 7.46. The zero-order valence-electron chi connectivity index (χ0n) is 16.1. The first kappa shape index (κ1) is 20.0. The van der Waals surface area contributed by atoms with Crippen LogP contribution in [-0.2, 0) is 0 Å². The van der Waals surface area contributed by atoms with Crippen molar-refractivity contribution in [3.8, 4) is 17.2 Å². The molecule has 0 saturated carbocycles. The summed E-state index contributed by atoms with van der Waals surface area (Å²) in [5.74, 6) is 1.59. The molecule has 0 aliphatic rings. The van der Waals surface area contributed by atoms with Crippen molar-refractivity contribution >= 4 is 14.0 Å². The van der Waals surface area contributed by atoms with E-state index in [9.17, 15) is 4.79 Å². The molecular weight excluding hydrogens is 344 g/mol. The van der Waals surface area contributed by atoms with E-state index >= 15 is 0 Å². The van der Waals surface area contributed by atoms with Crippen LogP contribution in [-0.4, -0.2) is 27.8 Å². The lowest BCUT2D eigenvalue weighted by atomic mass is 10.2. The standard InChI is InChI=1S/C21H28O4Si/c1-23-18-11-13-20(14-12-18)25-21(22)17-7-9-19(10-8-17)24-15-5-6-16-26(2,3)4/h7-14H,5-6,15-16H2,1-4H3. The number of hydrogen-bond donors (Lipinski definition) is 0. The third-order valence-corrected chi connectivity index (χ3v) is 5.80. The Balaban J connectivity index is 1.79. The van der Waals surface area contributed by atoms with Gasteiger partial charge < -0.3 is 14.2 Å². The van der Waals surface area contributed by atoms with Gasteiger partial charge in [0.05, 0.1) is 19.3 Å². The number of ether oxygens (including phenoxy) is 3. The minimum Gasteiger partial charge on any atom is -0.497 e. The van der Waals surface area contributed by atoms with Gasteiger partial charge in [0.1, 0.15) is 17.2 Å². The van der Waals surface area contributed by atoms with Gasteiger partial charge in [-0.2, -0.15) is 0 Å². The Labute approximate surface area is 157 Å². The molecular formula is C21H28O4Si. The topological polar surface area (TPSA) is 44.8 Å². The number of esters is 1. The molecule has 0 heterocycles. The summed E-state index contributed by atoms with van der Waals surface area (Å²) in [6, 6.07) is 15.3. The van der Waals surface area contributed by atoms with Gasteiger partial charge in [0.15, 0.2) is 0 Å². The predicted molar refractivity (Wildman–Crippen MR) is 107 cm³/mol. The maximum atomic E-state index is 12.2. The van der Waals surface area contributed by atoms with E-state index < -0.39 is 14.0 Å². The lowest BCUT2D eigenvalue weighted by Crippen LogP contribution is -2.18. The minimum atomic E-state index is -0.958. The van der Waals surface area contributed by atoms with Gasteiger partial charge in [-0.25, -0.2) is 4.79 Å². The number of carbonyl (C=O) groups excluding carboxylic acids is 1. The van der Waals surface area contributed by atoms with E-state index in [1.807, 2.05) is 12.1 Å². The SMILES string of the molecule is COc1ccc(OC(=O)c2ccc(OCCCC[Si](C)(C)C)cc2)cc1. The number of rotatable bonds is 9. The normalized spacial score (nSPS) is 11.1. The Morgan fingerprint density at radius 1 is 0.846 bits per heavy atom. The second-order valence-corrected chi connectivity index (χ2v) is 13.1. The Bertz CT molecular complexity index is 687. The highest BCUT2D eigenvalue weighted by Crippen LogP contribution is 2.19. The average molecular weight is 373 g/mol. The molecule has 0 atom stereocenters. The summed E-state index contributed by atoms with van der Waals surface area (Å²) in [6.07, 6.45) is 2.27. The summed E-state index contributed by atoms with van der Waals surface area (Å²) in [4.78, 5) is 12.2. The number of benzene rings is 2. The molecule has 0 fully saturated rings. The van der Waals surface area contributed by atoms with Gasteiger partial charge in [-0.1, -0.05) is 32.1 Å². The zero-order chi connectivity index (χ0) is 19.0. The van der Waals surface area contributed by atoms with E-state index in [4.69, 9.17) is 14.2 Å². The summed E-state index contributed by atoms with van der Waals surface area (Å²) >= 11 is 0. The molecule has 0 saturated heterocycles. The van der Waals surface area contributed by atoms with Crippen LogP contribution in [0.5, 0.6) is 17.2 Å². The van der Waals surface area contributed by atoms with Gasteiger partial charge in [-0.3, -0.25) is 0 Å². The highest BCUT2D eigenvalue weighted by molar-refractivity contribution is 6.76. The largest absolute Gasteiger partial charge is 0.497 e. The first-order chi connectivity index (χ1) is 12.4. The highest BCUT2D eigenvalue weighted by Gasteiger charge is 2.12. The van der Waals surface area contributed by atoms with E-state index in [2.05, 4.69) is 19.6 Å². The third-order valence-electron chi connectivity index (χ3n) is 3.95. The molecule has 0 bridgehead atoms. The fourth-order valence-corrected chi connectivity index (χ4v) is 3.76. The number of hydrogen-bond acceptors (Lipinski definition) is 4. The van der Waals surface area contributed by atoms with E-state index in [0.29, 0.717) is 17.9 Å². The van der Waals surface area contributed by atoms with Gasteiger partial charge in [-0.15, -0.1) is 0 Å². The molecule has 0 aliphatic carbocycles. The second kappa shape index (κ2) is 9.43. The molecule has 5 heteroatoms. The lowest BCUT2D eigenvalue weighted by Gasteiger charge is -2.15. The molecule has 2 aromatic rings. The summed E-state index contributed by atoms with van der Waals surface area (Å²) in [6.45, 7) is 7.87. The molecule has 2 aromatic carbocycles. The maximum absolute atomic E-state index is 12.2. The van der Waals surface area contributed by atoms with E-state index in [1.165, 1.54) is 12.5 Å². The van der Waals surface area contributed by atoms with Gasteiger partial charge >= 0.3 is 5.97 Å². The lowest BCUT2D eigenvalue weighted by molar-refractivity contribution is 0.0734. The number of carbonyl (C=O) groups is 1. The summed E-state index contributed by atoms with van der Waals surface area (Å²) in [5, 5.41) is 0. The molecule has 0 radical (unpaired) electrons. The van der Waals surface area contributed by atoms with Crippen molar-refractivity contribution in [3.63, 3.8) is 0 Å². The first-order valence-corrected chi connectivity index (χ1v) is 12.7. The van der Waals surface area contributed by atoms with Crippen LogP contribution in [0.3, 0.4) is 0 Å². The smallest absolute Gasteiger partial charge is 0.343 e. The van der Waals surface area contributed by atoms with Crippen LogP contribution in [0.4, 0.5) is 0 Å². The maximum Gasteiger partial charge on any atom is 0.343 e. The highest BCUT2D eigenvalue weighted by atomic mass is 28.3.